The van der Waals surface area contributed by atoms with Gasteiger partial charge >= 0.3 is 0 Å². The molecule has 1 aromatic rings. The fraction of sp³-hybridized carbons (Fsp3) is 0.650. The highest BCUT2D eigenvalue weighted by Crippen LogP contribution is 2.27. The van der Waals surface area contributed by atoms with Crippen LogP contribution in [0.2, 0.25) is 0 Å². The van der Waals surface area contributed by atoms with Crippen LogP contribution in [0.15, 0.2) is 29.2 Å². The third kappa shape index (κ3) is 4.87. The summed E-state index contributed by atoms with van der Waals surface area (Å²) in [4.78, 5) is 15.1. The van der Waals surface area contributed by atoms with Crippen molar-refractivity contribution >= 4 is 28.3 Å². The van der Waals surface area contributed by atoms with E-state index in [1.54, 1.807) is 12.1 Å². The molecule has 2 aliphatic heterocycles. The Morgan fingerprint density at radius 3 is 2.25 bits per heavy atom. The Balaban J connectivity index is 0.00000280. The zero-order valence-corrected chi connectivity index (χ0v) is 18.6. The molecule has 0 bridgehead atoms. The molecule has 158 valence electrons. The van der Waals surface area contributed by atoms with Gasteiger partial charge in [0.1, 0.15) is 0 Å². The number of halogens is 1. The van der Waals surface area contributed by atoms with Crippen molar-refractivity contribution < 1.29 is 13.2 Å². The third-order valence-corrected chi connectivity index (χ3v) is 7.68. The average Bonchev–Trinajstić information content (AvgIpc) is 2.68. The van der Waals surface area contributed by atoms with E-state index in [4.69, 9.17) is 0 Å². The summed E-state index contributed by atoms with van der Waals surface area (Å²) < 4.78 is 27.4. The normalized spacial score (nSPS) is 22.1. The van der Waals surface area contributed by atoms with Crippen LogP contribution in [-0.4, -0.2) is 62.3 Å². The molecule has 1 aromatic carbocycles. The number of benzene rings is 1. The van der Waals surface area contributed by atoms with Crippen molar-refractivity contribution in [2.45, 2.75) is 50.5 Å². The molecule has 2 saturated heterocycles. The van der Waals surface area contributed by atoms with Crippen molar-refractivity contribution in [3.63, 3.8) is 0 Å². The highest BCUT2D eigenvalue weighted by molar-refractivity contribution is 7.89. The summed E-state index contributed by atoms with van der Waals surface area (Å²) in [6, 6.07) is 7.38. The van der Waals surface area contributed by atoms with Gasteiger partial charge in [0.2, 0.25) is 15.9 Å². The van der Waals surface area contributed by atoms with Crippen LogP contribution < -0.4 is 5.32 Å². The van der Waals surface area contributed by atoms with Crippen LogP contribution in [0.25, 0.3) is 0 Å². The molecule has 0 aliphatic carbocycles. The van der Waals surface area contributed by atoms with Crippen molar-refractivity contribution in [3.8, 4) is 0 Å². The predicted octanol–water partition coefficient (Wildman–Crippen LogP) is 2.45. The van der Waals surface area contributed by atoms with Crippen molar-refractivity contribution in [1.82, 2.24) is 14.5 Å². The molecule has 28 heavy (non-hydrogen) atoms. The van der Waals surface area contributed by atoms with Gasteiger partial charge in [-0.1, -0.05) is 26.0 Å². The Bertz CT molecular complexity index is 759. The van der Waals surface area contributed by atoms with E-state index < -0.39 is 10.0 Å². The van der Waals surface area contributed by atoms with E-state index >= 15 is 0 Å². The third-order valence-electron chi connectivity index (χ3n) is 5.77. The second-order valence-corrected chi connectivity index (χ2v) is 9.92. The van der Waals surface area contributed by atoms with E-state index in [0.29, 0.717) is 36.7 Å². The van der Waals surface area contributed by atoms with Gasteiger partial charge in [-0.15, -0.1) is 12.4 Å². The number of carbonyl (C=O) groups is 1. The van der Waals surface area contributed by atoms with Gasteiger partial charge in [0.15, 0.2) is 0 Å². The first-order chi connectivity index (χ1) is 12.8. The molecule has 3 rings (SSSR count). The molecule has 0 radical (unpaired) electrons. The minimum atomic E-state index is -3.49. The largest absolute Gasteiger partial charge is 0.337 e. The van der Waals surface area contributed by atoms with Gasteiger partial charge in [0, 0.05) is 44.7 Å². The van der Waals surface area contributed by atoms with Gasteiger partial charge in [0.25, 0.3) is 0 Å². The molecule has 1 N–H and O–H groups in total. The summed E-state index contributed by atoms with van der Waals surface area (Å²) >= 11 is 0. The maximum atomic E-state index is 12.9. The number of hydrogen-bond acceptors (Lipinski definition) is 4. The monoisotopic (exact) mass is 429 g/mol. The first-order valence-electron chi connectivity index (χ1n) is 9.92. The lowest BCUT2D eigenvalue weighted by Crippen LogP contribution is -2.55. The van der Waals surface area contributed by atoms with Crippen LogP contribution in [0, 0.1) is 5.92 Å². The zero-order chi connectivity index (χ0) is 19.6. The summed E-state index contributed by atoms with van der Waals surface area (Å²) in [5.74, 6) is 0.485. The number of nitrogens with one attached hydrogen (secondary N) is 1. The summed E-state index contributed by atoms with van der Waals surface area (Å²) in [5.41, 5.74) is 1.13. The van der Waals surface area contributed by atoms with Crippen LogP contribution in [0.4, 0.5) is 0 Å². The molecule has 2 aliphatic rings. The van der Waals surface area contributed by atoms with Crippen LogP contribution >= 0.6 is 12.4 Å². The summed E-state index contributed by atoms with van der Waals surface area (Å²) in [6.07, 6.45) is 1.19. The fourth-order valence-electron chi connectivity index (χ4n) is 3.92. The second-order valence-electron chi connectivity index (χ2n) is 7.99. The van der Waals surface area contributed by atoms with E-state index in [0.717, 1.165) is 25.2 Å². The van der Waals surface area contributed by atoms with E-state index in [2.05, 4.69) is 26.1 Å². The smallest absolute Gasteiger partial charge is 0.243 e. The van der Waals surface area contributed by atoms with E-state index in [1.165, 1.54) is 4.31 Å². The Morgan fingerprint density at radius 2 is 1.71 bits per heavy atom. The first-order valence-corrected chi connectivity index (χ1v) is 11.4. The molecule has 8 heteroatoms. The van der Waals surface area contributed by atoms with E-state index in [-0.39, 0.29) is 30.3 Å². The predicted molar refractivity (Wildman–Crippen MR) is 113 cm³/mol. The maximum absolute atomic E-state index is 12.9. The number of carbonyl (C=O) groups excluding carboxylic acids is 1. The molecule has 1 amide bonds. The maximum Gasteiger partial charge on any atom is 0.243 e. The molecule has 0 spiro atoms. The number of piperazine rings is 1. The summed E-state index contributed by atoms with van der Waals surface area (Å²) in [6.45, 7) is 9.44. The molecular formula is C20H32ClN3O3S. The number of amides is 1. The fourth-order valence-corrected chi connectivity index (χ4v) is 5.39. The number of hydrogen-bond donors (Lipinski definition) is 1. The van der Waals surface area contributed by atoms with Gasteiger partial charge in [-0.2, -0.15) is 4.31 Å². The number of nitrogens with zero attached hydrogens (tertiary/aromatic N) is 2. The summed E-state index contributed by atoms with van der Waals surface area (Å²) in [7, 11) is -3.49. The lowest BCUT2D eigenvalue weighted by Gasteiger charge is -2.38. The standard InChI is InChI=1S/C20H31N3O3S.ClH/c1-15(2)17-4-6-19(7-5-17)27(25,26)22-11-8-18(9-12-22)20(24)23-13-10-21-14-16(23)3;/h4-7,15-16,18,21H,8-14H2,1-3H3;1H/t16-;/m1./s1. The molecular weight excluding hydrogens is 398 g/mol. The van der Waals surface area contributed by atoms with E-state index in [9.17, 15) is 13.2 Å². The molecule has 0 aromatic heterocycles. The molecule has 0 saturated carbocycles. The molecule has 2 fully saturated rings. The topological polar surface area (TPSA) is 69.7 Å². The SMILES string of the molecule is CC(C)c1ccc(S(=O)(=O)N2CCC(C(=O)N3CCNC[C@H]3C)CC2)cc1.Cl. The lowest BCUT2D eigenvalue weighted by molar-refractivity contribution is -0.139. The molecule has 0 unspecified atom stereocenters. The minimum Gasteiger partial charge on any atom is -0.337 e. The van der Waals surface area contributed by atoms with Gasteiger partial charge in [0.05, 0.1) is 4.90 Å². The summed E-state index contributed by atoms with van der Waals surface area (Å²) in [5, 5.41) is 3.30. The van der Waals surface area contributed by atoms with Crippen molar-refractivity contribution in [2.24, 2.45) is 5.92 Å². The van der Waals surface area contributed by atoms with Crippen molar-refractivity contribution in [3.05, 3.63) is 29.8 Å². The van der Waals surface area contributed by atoms with Crippen molar-refractivity contribution in [1.29, 1.82) is 0 Å². The molecule has 1 atom stereocenters. The Kier molecular flexibility index (Phi) is 7.90. The molecule has 6 nitrogen and oxygen atoms in total. The van der Waals surface area contributed by atoms with Gasteiger partial charge in [-0.25, -0.2) is 8.42 Å². The lowest BCUT2D eigenvalue weighted by atomic mass is 9.95. The number of rotatable bonds is 4. The van der Waals surface area contributed by atoms with E-state index in [1.807, 2.05) is 17.0 Å². The highest BCUT2D eigenvalue weighted by atomic mass is 35.5. The number of piperidine rings is 1. The van der Waals surface area contributed by atoms with Crippen LogP contribution in [0.5, 0.6) is 0 Å². The molecule has 2 heterocycles. The van der Waals surface area contributed by atoms with Crippen LogP contribution in [-0.2, 0) is 14.8 Å². The van der Waals surface area contributed by atoms with Crippen LogP contribution in [0.3, 0.4) is 0 Å². The Morgan fingerprint density at radius 1 is 1.11 bits per heavy atom. The zero-order valence-electron chi connectivity index (χ0n) is 16.9. The van der Waals surface area contributed by atoms with Crippen LogP contribution in [0.1, 0.15) is 45.1 Å². The van der Waals surface area contributed by atoms with Gasteiger partial charge in [-0.05, 0) is 43.4 Å². The quantitative estimate of drug-likeness (QED) is 0.798. The van der Waals surface area contributed by atoms with Crippen molar-refractivity contribution in [2.75, 3.05) is 32.7 Å². The average molecular weight is 430 g/mol. The highest BCUT2D eigenvalue weighted by Gasteiger charge is 2.35. The first kappa shape index (κ1) is 23.1. The minimum absolute atomic E-state index is 0. The van der Waals surface area contributed by atoms with Gasteiger partial charge < -0.3 is 10.2 Å². The Hall–Kier alpha value is -1.15. The van der Waals surface area contributed by atoms with Gasteiger partial charge in [-0.3, -0.25) is 4.79 Å². The second kappa shape index (κ2) is 9.57. The Labute approximate surface area is 175 Å². The number of sulfonamides is 1.